The lowest BCUT2D eigenvalue weighted by molar-refractivity contribution is 0.336. The normalized spacial score (nSPS) is 25.9. The highest BCUT2D eigenvalue weighted by Crippen LogP contribution is 2.37. The molecule has 0 aromatic heterocycles. The Bertz CT molecular complexity index is 398. The summed E-state index contributed by atoms with van der Waals surface area (Å²) < 4.78 is 0. The van der Waals surface area contributed by atoms with Crippen molar-refractivity contribution in [1.29, 1.82) is 0 Å². The van der Waals surface area contributed by atoms with Gasteiger partial charge in [-0.25, -0.2) is 0 Å². The first-order valence-corrected chi connectivity index (χ1v) is 8.31. The van der Waals surface area contributed by atoms with Gasteiger partial charge in [-0.05, 0) is 49.5 Å². The van der Waals surface area contributed by atoms with Crippen molar-refractivity contribution in [3.63, 3.8) is 0 Å². The second-order valence-corrected chi connectivity index (χ2v) is 6.86. The lowest BCUT2D eigenvalue weighted by Gasteiger charge is -2.31. The van der Waals surface area contributed by atoms with E-state index >= 15 is 0 Å². The van der Waals surface area contributed by atoms with E-state index in [2.05, 4.69) is 36.5 Å². The molecule has 1 aromatic rings. The van der Waals surface area contributed by atoms with E-state index in [1.807, 2.05) is 11.8 Å². The summed E-state index contributed by atoms with van der Waals surface area (Å²) in [6.07, 6.45) is 7.01. The lowest BCUT2D eigenvalue weighted by Crippen LogP contribution is -2.36. The van der Waals surface area contributed by atoms with Crippen molar-refractivity contribution in [3.8, 4) is 0 Å². The Morgan fingerprint density at radius 2 is 1.94 bits per heavy atom. The highest BCUT2D eigenvalue weighted by molar-refractivity contribution is 7.99. The summed E-state index contributed by atoms with van der Waals surface area (Å²) in [5.41, 5.74) is 1.53. The van der Waals surface area contributed by atoms with Gasteiger partial charge in [0.15, 0.2) is 0 Å². The van der Waals surface area contributed by atoms with Gasteiger partial charge in [-0.15, -0.1) is 11.8 Å². The molecule has 98 valence electrons. The van der Waals surface area contributed by atoms with Crippen LogP contribution in [-0.2, 0) is 0 Å². The maximum absolute atomic E-state index is 3.90. The highest BCUT2D eigenvalue weighted by atomic mass is 32.2. The van der Waals surface area contributed by atoms with Gasteiger partial charge in [-0.1, -0.05) is 31.0 Å². The van der Waals surface area contributed by atoms with Gasteiger partial charge < -0.3 is 5.32 Å². The van der Waals surface area contributed by atoms with Crippen LogP contribution in [0.15, 0.2) is 29.2 Å². The predicted octanol–water partition coefficient (Wildman–Crippen LogP) is 4.39. The van der Waals surface area contributed by atoms with E-state index in [4.69, 9.17) is 0 Å². The van der Waals surface area contributed by atoms with E-state index in [1.54, 1.807) is 0 Å². The molecule has 1 N–H and O–H groups in total. The van der Waals surface area contributed by atoms with E-state index in [1.165, 1.54) is 48.3 Å². The first-order valence-electron chi connectivity index (χ1n) is 7.32. The first kappa shape index (κ1) is 12.6. The molecule has 1 saturated carbocycles. The zero-order valence-electron chi connectivity index (χ0n) is 11.2. The first-order chi connectivity index (χ1) is 8.84. The smallest absolute Gasteiger partial charge is 0.0341 e. The maximum atomic E-state index is 3.90. The van der Waals surface area contributed by atoms with Crippen LogP contribution < -0.4 is 5.32 Å². The zero-order chi connectivity index (χ0) is 12.4. The van der Waals surface area contributed by atoms with E-state index in [0.717, 1.165) is 5.92 Å². The second kappa shape index (κ2) is 5.66. The molecule has 1 aliphatic heterocycles. The molecule has 2 heteroatoms. The van der Waals surface area contributed by atoms with Crippen molar-refractivity contribution in [1.82, 2.24) is 5.32 Å². The molecule has 3 rings (SSSR count). The summed E-state index contributed by atoms with van der Waals surface area (Å²) >= 11 is 2.01. The van der Waals surface area contributed by atoms with Crippen LogP contribution in [0.2, 0.25) is 0 Å². The van der Waals surface area contributed by atoms with Crippen LogP contribution in [0.25, 0.3) is 0 Å². The van der Waals surface area contributed by atoms with Gasteiger partial charge in [-0.2, -0.15) is 0 Å². The molecular formula is C16H23NS. The van der Waals surface area contributed by atoms with Crippen molar-refractivity contribution < 1.29 is 0 Å². The molecular weight excluding hydrogens is 238 g/mol. The highest BCUT2D eigenvalue weighted by Gasteiger charge is 2.26. The third kappa shape index (κ3) is 2.60. The third-order valence-electron chi connectivity index (χ3n) is 4.53. The van der Waals surface area contributed by atoms with E-state index in [-0.39, 0.29) is 0 Å². The van der Waals surface area contributed by atoms with E-state index in [0.29, 0.717) is 12.1 Å². The third-order valence-corrected chi connectivity index (χ3v) is 5.65. The fourth-order valence-electron chi connectivity index (χ4n) is 3.43. The van der Waals surface area contributed by atoms with Crippen LogP contribution in [0.5, 0.6) is 0 Å². The van der Waals surface area contributed by atoms with Gasteiger partial charge in [0.1, 0.15) is 0 Å². The van der Waals surface area contributed by atoms with Crippen molar-refractivity contribution in [3.05, 3.63) is 29.8 Å². The molecule has 1 aromatic carbocycles. The average molecular weight is 261 g/mol. The van der Waals surface area contributed by atoms with Crippen LogP contribution in [0.1, 0.15) is 50.6 Å². The number of fused-ring (bicyclic) bond motifs is 1. The monoisotopic (exact) mass is 261 g/mol. The van der Waals surface area contributed by atoms with Gasteiger partial charge >= 0.3 is 0 Å². The summed E-state index contributed by atoms with van der Waals surface area (Å²) in [6.45, 7) is 2.39. The number of hydrogen-bond donors (Lipinski definition) is 1. The molecule has 0 amide bonds. The summed E-state index contributed by atoms with van der Waals surface area (Å²) in [6, 6.07) is 10.2. The van der Waals surface area contributed by atoms with E-state index < -0.39 is 0 Å². The van der Waals surface area contributed by atoms with E-state index in [9.17, 15) is 0 Å². The lowest BCUT2D eigenvalue weighted by atomic mass is 9.96. The zero-order valence-corrected chi connectivity index (χ0v) is 12.0. The summed E-state index contributed by atoms with van der Waals surface area (Å²) in [4.78, 5) is 1.49. The molecule has 1 unspecified atom stereocenters. The number of hydrogen-bond acceptors (Lipinski definition) is 2. The van der Waals surface area contributed by atoms with Gasteiger partial charge in [0.05, 0.1) is 0 Å². The molecule has 1 nitrogen and oxygen atoms in total. The van der Waals surface area contributed by atoms with Crippen molar-refractivity contribution in [2.24, 2.45) is 5.92 Å². The molecule has 0 radical (unpaired) electrons. The van der Waals surface area contributed by atoms with Crippen LogP contribution >= 0.6 is 11.8 Å². The van der Waals surface area contributed by atoms with Gasteiger partial charge in [0.2, 0.25) is 0 Å². The number of thioether (sulfide) groups is 1. The van der Waals surface area contributed by atoms with Crippen LogP contribution in [-0.4, -0.2) is 11.8 Å². The average Bonchev–Trinajstić information content (AvgIpc) is 2.93. The molecule has 18 heavy (non-hydrogen) atoms. The SMILES string of the molecule is C[C@H](NC1CCSc2ccccc21)C1CCCC1. The van der Waals surface area contributed by atoms with Gasteiger partial charge in [0, 0.05) is 17.0 Å². The largest absolute Gasteiger partial charge is 0.307 e. The van der Waals surface area contributed by atoms with Crippen molar-refractivity contribution in [2.45, 2.75) is 56.0 Å². The molecule has 1 heterocycles. The Labute approximate surface area is 115 Å². The Hall–Kier alpha value is -0.470. The molecule has 0 spiro atoms. The standard InChI is InChI=1S/C16H23NS/c1-12(13-6-2-3-7-13)17-15-10-11-18-16-9-5-4-8-14(15)16/h4-5,8-9,12-13,15,17H,2-3,6-7,10-11H2,1H3/t12-,15?/m0/s1. The van der Waals surface area contributed by atoms with Crippen LogP contribution in [0.3, 0.4) is 0 Å². The fourth-order valence-corrected chi connectivity index (χ4v) is 4.55. The molecule has 1 fully saturated rings. The summed E-state index contributed by atoms with van der Waals surface area (Å²) in [7, 11) is 0. The Kier molecular flexibility index (Phi) is 3.95. The Balaban J connectivity index is 1.70. The van der Waals surface area contributed by atoms with Crippen molar-refractivity contribution in [2.75, 3.05) is 5.75 Å². The minimum absolute atomic E-state index is 0.582. The number of rotatable bonds is 3. The minimum atomic E-state index is 0.582. The number of nitrogens with one attached hydrogen (secondary N) is 1. The molecule has 2 atom stereocenters. The number of benzene rings is 1. The van der Waals surface area contributed by atoms with Gasteiger partial charge in [-0.3, -0.25) is 0 Å². The van der Waals surface area contributed by atoms with Crippen LogP contribution in [0, 0.1) is 5.92 Å². The Morgan fingerprint density at radius 1 is 1.17 bits per heavy atom. The maximum Gasteiger partial charge on any atom is 0.0341 e. The summed E-state index contributed by atoms with van der Waals surface area (Å²) in [5.74, 6) is 2.17. The molecule has 0 bridgehead atoms. The minimum Gasteiger partial charge on any atom is -0.307 e. The quantitative estimate of drug-likeness (QED) is 0.866. The Morgan fingerprint density at radius 3 is 2.78 bits per heavy atom. The molecule has 2 aliphatic rings. The molecule has 1 aliphatic carbocycles. The fraction of sp³-hybridized carbons (Fsp3) is 0.625. The molecule has 0 saturated heterocycles. The van der Waals surface area contributed by atoms with Crippen LogP contribution in [0.4, 0.5) is 0 Å². The summed E-state index contributed by atoms with van der Waals surface area (Å²) in [5, 5.41) is 3.90. The van der Waals surface area contributed by atoms with Gasteiger partial charge in [0.25, 0.3) is 0 Å². The second-order valence-electron chi connectivity index (χ2n) is 5.73. The topological polar surface area (TPSA) is 12.0 Å². The van der Waals surface area contributed by atoms with Crippen molar-refractivity contribution >= 4 is 11.8 Å². The predicted molar refractivity (Wildman–Crippen MR) is 79.1 cm³/mol.